The van der Waals surface area contributed by atoms with Crippen molar-refractivity contribution in [2.45, 2.75) is 40.2 Å². The van der Waals surface area contributed by atoms with Crippen molar-refractivity contribution >= 4 is 22.5 Å². The molecule has 0 saturated heterocycles. The molecule has 0 spiro atoms. The lowest BCUT2D eigenvalue weighted by atomic mass is 10.0. The molecular formula is C21H25N3O. The molecule has 4 heteroatoms. The van der Waals surface area contributed by atoms with E-state index < -0.39 is 0 Å². The highest BCUT2D eigenvalue weighted by atomic mass is 16.2. The molecule has 0 aliphatic heterocycles. The smallest absolute Gasteiger partial charge is 0.260 e. The summed E-state index contributed by atoms with van der Waals surface area (Å²) >= 11 is 0. The summed E-state index contributed by atoms with van der Waals surface area (Å²) in [6.45, 7) is 8.44. The van der Waals surface area contributed by atoms with E-state index in [2.05, 4.69) is 36.8 Å². The lowest BCUT2D eigenvalue weighted by molar-refractivity contribution is 0.0975. The van der Waals surface area contributed by atoms with E-state index >= 15 is 0 Å². The molecule has 0 bridgehead atoms. The molecule has 2 heterocycles. The van der Waals surface area contributed by atoms with Gasteiger partial charge in [-0.1, -0.05) is 13.8 Å². The summed E-state index contributed by atoms with van der Waals surface area (Å²) in [4.78, 5) is 22.6. The van der Waals surface area contributed by atoms with Crippen molar-refractivity contribution in [1.29, 1.82) is 0 Å². The summed E-state index contributed by atoms with van der Waals surface area (Å²) < 4.78 is 0. The van der Waals surface area contributed by atoms with Gasteiger partial charge in [-0.15, -0.1) is 0 Å². The molecule has 1 unspecified atom stereocenters. The monoisotopic (exact) mass is 335 g/mol. The third kappa shape index (κ3) is 3.58. The minimum Gasteiger partial charge on any atom is -0.361 e. The summed E-state index contributed by atoms with van der Waals surface area (Å²) in [5.74, 6) is 0.518. The van der Waals surface area contributed by atoms with E-state index in [9.17, 15) is 4.79 Å². The van der Waals surface area contributed by atoms with Crippen LogP contribution in [0.25, 0.3) is 10.9 Å². The maximum absolute atomic E-state index is 13.3. The van der Waals surface area contributed by atoms with E-state index in [0.717, 1.165) is 28.6 Å². The van der Waals surface area contributed by atoms with Crippen LogP contribution in [0.3, 0.4) is 0 Å². The Bertz CT molecular complexity index is 881. The fraction of sp³-hybridized carbons (Fsp3) is 0.333. The number of carbonyl (C=O) groups is 1. The molecule has 0 saturated carbocycles. The first-order valence-electron chi connectivity index (χ1n) is 8.78. The van der Waals surface area contributed by atoms with Crippen LogP contribution >= 0.6 is 0 Å². The van der Waals surface area contributed by atoms with E-state index in [-0.39, 0.29) is 11.9 Å². The molecule has 25 heavy (non-hydrogen) atoms. The third-order valence-corrected chi connectivity index (χ3v) is 4.56. The number of pyridine rings is 1. The summed E-state index contributed by atoms with van der Waals surface area (Å²) in [5, 5.41) is 1.11. The Morgan fingerprint density at radius 2 is 2.00 bits per heavy atom. The molecule has 1 N–H and O–H groups in total. The largest absolute Gasteiger partial charge is 0.361 e. The van der Waals surface area contributed by atoms with Crippen LogP contribution in [-0.4, -0.2) is 21.9 Å². The van der Waals surface area contributed by atoms with Gasteiger partial charge in [-0.2, -0.15) is 0 Å². The van der Waals surface area contributed by atoms with Crippen molar-refractivity contribution in [2.24, 2.45) is 5.92 Å². The zero-order chi connectivity index (χ0) is 18.0. The first-order chi connectivity index (χ1) is 12.0. The Labute approximate surface area is 148 Å². The fourth-order valence-electron chi connectivity index (χ4n) is 3.37. The lowest BCUT2D eigenvalue weighted by Gasteiger charge is -2.31. The number of anilines is 1. The highest BCUT2D eigenvalue weighted by Crippen LogP contribution is 2.27. The molecule has 0 aliphatic carbocycles. The van der Waals surface area contributed by atoms with Crippen molar-refractivity contribution in [3.8, 4) is 0 Å². The number of hydrogen-bond acceptors (Lipinski definition) is 2. The Kier molecular flexibility index (Phi) is 4.88. The molecule has 4 nitrogen and oxygen atoms in total. The van der Waals surface area contributed by atoms with Crippen molar-refractivity contribution in [1.82, 2.24) is 9.97 Å². The van der Waals surface area contributed by atoms with Crippen LogP contribution in [0, 0.1) is 12.8 Å². The number of aromatic nitrogens is 2. The Hall–Kier alpha value is -2.62. The van der Waals surface area contributed by atoms with E-state index in [1.165, 1.54) is 0 Å². The minimum absolute atomic E-state index is 0.00800. The van der Waals surface area contributed by atoms with Gasteiger partial charge in [0.25, 0.3) is 5.91 Å². The van der Waals surface area contributed by atoms with Crippen LogP contribution in [0.2, 0.25) is 0 Å². The van der Waals surface area contributed by atoms with E-state index in [0.29, 0.717) is 11.5 Å². The molecule has 0 radical (unpaired) electrons. The quantitative estimate of drug-likeness (QED) is 0.717. The van der Waals surface area contributed by atoms with Crippen molar-refractivity contribution in [3.05, 3.63) is 60.0 Å². The van der Waals surface area contributed by atoms with Crippen molar-refractivity contribution in [3.63, 3.8) is 0 Å². The molecule has 2 aromatic heterocycles. The molecule has 0 fully saturated rings. The lowest BCUT2D eigenvalue weighted by Crippen LogP contribution is -2.40. The van der Waals surface area contributed by atoms with Crippen molar-refractivity contribution < 1.29 is 4.79 Å². The Morgan fingerprint density at radius 1 is 1.20 bits per heavy atom. The van der Waals surface area contributed by atoms with Crippen LogP contribution in [0.5, 0.6) is 0 Å². The number of aryl methyl sites for hydroxylation is 1. The van der Waals surface area contributed by atoms with Gasteiger partial charge in [-0.25, -0.2) is 0 Å². The van der Waals surface area contributed by atoms with Gasteiger partial charge in [0.05, 0.1) is 5.56 Å². The van der Waals surface area contributed by atoms with E-state index in [1.807, 2.05) is 42.3 Å². The number of nitrogens with zero attached hydrogens (tertiary/aromatic N) is 2. The third-order valence-electron chi connectivity index (χ3n) is 4.56. The number of carbonyl (C=O) groups excluding carboxylic acids is 1. The zero-order valence-corrected chi connectivity index (χ0v) is 15.3. The first-order valence-corrected chi connectivity index (χ1v) is 8.78. The average molecular weight is 335 g/mol. The summed E-state index contributed by atoms with van der Waals surface area (Å²) in [6, 6.07) is 10.1. The highest BCUT2D eigenvalue weighted by Gasteiger charge is 2.25. The van der Waals surface area contributed by atoms with E-state index in [1.54, 1.807) is 12.4 Å². The minimum atomic E-state index is 0.00800. The molecule has 0 aliphatic rings. The number of fused-ring (bicyclic) bond motifs is 1. The number of nitrogens with one attached hydrogen (secondary N) is 1. The second-order valence-electron chi connectivity index (χ2n) is 7.09. The average Bonchev–Trinajstić information content (AvgIpc) is 3.02. The van der Waals surface area contributed by atoms with Crippen LogP contribution in [0.15, 0.2) is 48.9 Å². The maximum atomic E-state index is 13.3. The predicted octanol–water partition coefficient (Wildman–Crippen LogP) is 4.95. The normalized spacial score (nSPS) is 12.5. The number of benzene rings is 1. The standard InChI is InChI=1S/C21H25N3O/c1-14(2)11-16(4)24(21(25)19-13-22-9-7-15(19)3)18-5-6-20-17(12-18)8-10-23-20/h5-10,12-14,16,23H,11H2,1-4H3. The highest BCUT2D eigenvalue weighted by molar-refractivity contribution is 6.08. The topological polar surface area (TPSA) is 49.0 Å². The van der Waals surface area contributed by atoms with E-state index in [4.69, 9.17) is 0 Å². The zero-order valence-electron chi connectivity index (χ0n) is 15.3. The van der Waals surface area contributed by atoms with Crippen LogP contribution < -0.4 is 4.90 Å². The van der Waals surface area contributed by atoms with Gasteiger partial charge in [0.1, 0.15) is 0 Å². The second-order valence-corrected chi connectivity index (χ2v) is 7.09. The molecule has 1 amide bonds. The summed E-state index contributed by atoms with van der Waals surface area (Å²) in [6.07, 6.45) is 6.25. The van der Waals surface area contributed by atoms with Crippen LogP contribution in [0.1, 0.15) is 43.1 Å². The molecule has 3 aromatic rings. The van der Waals surface area contributed by atoms with Crippen LogP contribution in [-0.2, 0) is 0 Å². The van der Waals surface area contributed by atoms with Gasteiger partial charge in [-0.3, -0.25) is 9.78 Å². The molecule has 3 rings (SSSR count). The molecule has 130 valence electrons. The fourth-order valence-corrected chi connectivity index (χ4v) is 3.37. The number of rotatable bonds is 5. The summed E-state index contributed by atoms with van der Waals surface area (Å²) in [5.41, 5.74) is 3.61. The summed E-state index contributed by atoms with van der Waals surface area (Å²) in [7, 11) is 0. The number of aromatic amines is 1. The molecule has 1 atom stereocenters. The van der Waals surface area contributed by atoms with Gasteiger partial charge in [0.15, 0.2) is 0 Å². The number of hydrogen-bond donors (Lipinski definition) is 1. The first kappa shape index (κ1) is 17.2. The van der Waals surface area contributed by atoms with Gasteiger partial charge in [0.2, 0.25) is 0 Å². The number of amides is 1. The van der Waals surface area contributed by atoms with Gasteiger partial charge < -0.3 is 9.88 Å². The van der Waals surface area contributed by atoms with Gasteiger partial charge in [-0.05, 0) is 62.1 Å². The maximum Gasteiger partial charge on any atom is 0.260 e. The van der Waals surface area contributed by atoms with Crippen molar-refractivity contribution in [2.75, 3.05) is 4.90 Å². The van der Waals surface area contributed by atoms with Gasteiger partial charge in [0, 0.05) is 41.2 Å². The molecule has 1 aromatic carbocycles. The second kappa shape index (κ2) is 7.09. The SMILES string of the molecule is Cc1ccncc1C(=O)N(c1ccc2[nH]ccc2c1)C(C)CC(C)C. The Morgan fingerprint density at radius 3 is 2.72 bits per heavy atom. The van der Waals surface area contributed by atoms with Crippen LogP contribution in [0.4, 0.5) is 5.69 Å². The predicted molar refractivity (Wildman–Crippen MR) is 103 cm³/mol. The number of H-pyrrole nitrogens is 1. The van der Waals surface area contributed by atoms with Gasteiger partial charge >= 0.3 is 0 Å². The molecular weight excluding hydrogens is 310 g/mol. The Balaban J connectivity index is 2.05.